The van der Waals surface area contributed by atoms with E-state index in [-0.39, 0.29) is 10.8 Å². The zero-order valence-corrected chi connectivity index (χ0v) is 11.9. The third kappa shape index (κ3) is 5.42. The van der Waals surface area contributed by atoms with Gasteiger partial charge in [-0.25, -0.2) is 18.3 Å². The Labute approximate surface area is 114 Å². The molecule has 0 unspecified atom stereocenters. The zero-order valence-electron chi connectivity index (χ0n) is 11.1. The first-order valence-corrected chi connectivity index (χ1v) is 5.95. The molecule has 8 heteroatoms. The van der Waals surface area contributed by atoms with Crippen molar-refractivity contribution in [1.29, 1.82) is 0 Å². The smallest absolute Gasteiger partial charge is 0.412 e. The maximum atomic E-state index is 12.9. The topological polar surface area (TPSA) is 56.2 Å². The van der Waals surface area contributed by atoms with Gasteiger partial charge >= 0.3 is 6.09 Å². The quantitative estimate of drug-likeness (QED) is 0.928. The molecule has 0 saturated heterocycles. The minimum Gasteiger partial charge on any atom is -0.444 e. The van der Waals surface area contributed by atoms with E-state index in [1.807, 2.05) is 0 Å². The fourth-order valence-electron chi connectivity index (χ4n) is 1.24. The SMILES string of the molecule is CC(F)(F)Cn1ncc(NC(=O)OC(C)(C)C)c1Cl. The number of ether oxygens (including phenoxy) is 1. The summed E-state index contributed by atoms with van der Waals surface area (Å²) in [6, 6.07) is 0. The minimum atomic E-state index is -2.95. The summed E-state index contributed by atoms with van der Waals surface area (Å²) in [5.74, 6) is -2.95. The number of nitrogens with one attached hydrogen (secondary N) is 1. The highest BCUT2D eigenvalue weighted by Gasteiger charge is 2.25. The van der Waals surface area contributed by atoms with Crippen molar-refractivity contribution in [2.75, 3.05) is 5.32 Å². The lowest BCUT2D eigenvalue weighted by Crippen LogP contribution is -2.27. The van der Waals surface area contributed by atoms with Crippen LogP contribution < -0.4 is 5.32 Å². The lowest BCUT2D eigenvalue weighted by atomic mass is 10.2. The molecule has 1 aromatic rings. The number of hydrogen-bond donors (Lipinski definition) is 1. The molecule has 0 fully saturated rings. The minimum absolute atomic E-state index is 0.0765. The van der Waals surface area contributed by atoms with Crippen LogP contribution in [0.1, 0.15) is 27.7 Å². The standard InChI is InChI=1S/C11H16ClF2N3O2/c1-10(2,3)19-9(18)16-7-5-15-17(8(7)12)6-11(4,13)14/h5H,6H2,1-4H3,(H,16,18). The Hall–Kier alpha value is -1.37. The lowest BCUT2D eigenvalue weighted by Gasteiger charge is -2.19. The second-order valence-corrected chi connectivity index (χ2v) is 5.56. The molecule has 1 amide bonds. The molecule has 5 nitrogen and oxygen atoms in total. The number of halogens is 3. The van der Waals surface area contributed by atoms with Crippen molar-refractivity contribution >= 4 is 23.4 Å². The normalized spacial score (nSPS) is 12.4. The summed E-state index contributed by atoms with van der Waals surface area (Å²) in [5, 5.41) is 5.96. The number of alkyl halides is 2. The molecule has 19 heavy (non-hydrogen) atoms. The largest absolute Gasteiger partial charge is 0.444 e. The highest BCUT2D eigenvalue weighted by Crippen LogP contribution is 2.25. The molecule has 1 heterocycles. The fourth-order valence-corrected chi connectivity index (χ4v) is 1.44. The van der Waals surface area contributed by atoms with Gasteiger partial charge in [0.25, 0.3) is 5.92 Å². The summed E-state index contributed by atoms with van der Waals surface area (Å²) in [4.78, 5) is 11.5. The van der Waals surface area contributed by atoms with E-state index in [9.17, 15) is 13.6 Å². The summed E-state index contributed by atoms with van der Waals surface area (Å²) in [7, 11) is 0. The molecule has 0 aliphatic carbocycles. The maximum Gasteiger partial charge on any atom is 0.412 e. The number of nitrogens with zero attached hydrogens (tertiary/aromatic N) is 2. The molecular formula is C11H16ClF2N3O2. The lowest BCUT2D eigenvalue weighted by molar-refractivity contribution is 0.000679. The van der Waals surface area contributed by atoms with E-state index in [1.54, 1.807) is 20.8 Å². The van der Waals surface area contributed by atoms with Gasteiger partial charge in [-0.15, -0.1) is 0 Å². The molecule has 1 aromatic heterocycles. The number of amides is 1. The Morgan fingerprint density at radius 1 is 1.47 bits per heavy atom. The van der Waals surface area contributed by atoms with Crippen LogP contribution in [0.15, 0.2) is 6.20 Å². The number of carbonyl (C=O) groups excluding carboxylic acids is 1. The third-order valence-corrected chi connectivity index (χ3v) is 2.24. The highest BCUT2D eigenvalue weighted by atomic mass is 35.5. The Morgan fingerprint density at radius 3 is 2.53 bits per heavy atom. The van der Waals surface area contributed by atoms with Crippen LogP contribution in [0, 0.1) is 0 Å². The Morgan fingerprint density at radius 2 is 2.05 bits per heavy atom. The first-order valence-electron chi connectivity index (χ1n) is 5.57. The number of carbonyl (C=O) groups is 1. The molecule has 0 bridgehead atoms. The van der Waals surface area contributed by atoms with E-state index in [2.05, 4.69) is 10.4 Å². The third-order valence-electron chi connectivity index (χ3n) is 1.84. The Bertz CT molecular complexity index is 463. The van der Waals surface area contributed by atoms with E-state index in [0.29, 0.717) is 0 Å². The Balaban J connectivity index is 2.74. The van der Waals surface area contributed by atoms with E-state index in [1.165, 1.54) is 6.20 Å². The van der Waals surface area contributed by atoms with Gasteiger partial charge in [-0.2, -0.15) is 5.10 Å². The highest BCUT2D eigenvalue weighted by molar-refractivity contribution is 6.32. The van der Waals surface area contributed by atoms with Gasteiger partial charge in [0.05, 0.1) is 6.20 Å². The van der Waals surface area contributed by atoms with Crippen LogP contribution in [0.4, 0.5) is 19.3 Å². The fraction of sp³-hybridized carbons (Fsp3) is 0.636. The number of rotatable bonds is 3. The molecule has 0 aliphatic heterocycles. The van der Waals surface area contributed by atoms with Crippen LogP contribution in [0.25, 0.3) is 0 Å². The van der Waals surface area contributed by atoms with Crippen LogP contribution in [-0.2, 0) is 11.3 Å². The van der Waals surface area contributed by atoms with E-state index >= 15 is 0 Å². The number of anilines is 1. The summed E-state index contributed by atoms with van der Waals surface area (Å²) in [6.45, 7) is 5.20. The summed E-state index contributed by atoms with van der Waals surface area (Å²) >= 11 is 5.84. The second-order valence-electron chi connectivity index (χ2n) is 5.20. The average molecular weight is 296 g/mol. The van der Waals surface area contributed by atoms with Gasteiger partial charge in [0.2, 0.25) is 0 Å². The monoisotopic (exact) mass is 295 g/mol. The van der Waals surface area contributed by atoms with Gasteiger partial charge in [-0.1, -0.05) is 11.6 Å². The van der Waals surface area contributed by atoms with Crippen LogP contribution in [0.2, 0.25) is 5.15 Å². The van der Waals surface area contributed by atoms with Crippen LogP contribution in [0.3, 0.4) is 0 Å². The van der Waals surface area contributed by atoms with Gasteiger partial charge in [0.1, 0.15) is 17.8 Å². The summed E-state index contributed by atoms with van der Waals surface area (Å²) < 4.78 is 31.6. The molecule has 0 spiro atoms. The number of aromatic nitrogens is 2. The average Bonchev–Trinajstić information content (AvgIpc) is 2.44. The number of hydrogen-bond acceptors (Lipinski definition) is 3. The van der Waals surface area contributed by atoms with Crippen LogP contribution in [0.5, 0.6) is 0 Å². The maximum absolute atomic E-state index is 12.9. The molecule has 0 aliphatic rings. The van der Waals surface area contributed by atoms with Crippen LogP contribution in [-0.4, -0.2) is 27.4 Å². The summed E-state index contributed by atoms with van der Waals surface area (Å²) in [6.07, 6.45) is 0.468. The van der Waals surface area contributed by atoms with Gasteiger partial charge < -0.3 is 4.74 Å². The van der Waals surface area contributed by atoms with Crippen molar-refractivity contribution < 1.29 is 18.3 Å². The van der Waals surface area contributed by atoms with E-state index in [4.69, 9.17) is 16.3 Å². The van der Waals surface area contributed by atoms with Crippen molar-refractivity contribution in [3.63, 3.8) is 0 Å². The molecule has 0 aromatic carbocycles. The van der Waals surface area contributed by atoms with Gasteiger partial charge in [-0.05, 0) is 20.8 Å². The first kappa shape index (κ1) is 15.7. The molecular weight excluding hydrogens is 280 g/mol. The van der Waals surface area contributed by atoms with Crippen LogP contribution >= 0.6 is 11.6 Å². The molecule has 0 saturated carbocycles. The Kier molecular flexibility index (Phi) is 4.39. The predicted molar refractivity (Wildman–Crippen MR) is 67.7 cm³/mol. The van der Waals surface area contributed by atoms with Crippen molar-refractivity contribution in [2.24, 2.45) is 0 Å². The second kappa shape index (κ2) is 5.32. The molecule has 0 atom stereocenters. The summed E-state index contributed by atoms with van der Waals surface area (Å²) in [5.41, 5.74) is -0.539. The molecule has 108 valence electrons. The van der Waals surface area contributed by atoms with Gasteiger partial charge in [0.15, 0.2) is 5.15 Å². The van der Waals surface area contributed by atoms with Crippen molar-refractivity contribution in [3.8, 4) is 0 Å². The van der Waals surface area contributed by atoms with E-state index < -0.39 is 24.2 Å². The zero-order chi connectivity index (χ0) is 14.8. The van der Waals surface area contributed by atoms with Crippen molar-refractivity contribution in [2.45, 2.75) is 45.8 Å². The molecule has 1 N–H and O–H groups in total. The van der Waals surface area contributed by atoms with Crippen molar-refractivity contribution in [3.05, 3.63) is 11.3 Å². The van der Waals surface area contributed by atoms with Gasteiger partial charge in [-0.3, -0.25) is 5.32 Å². The van der Waals surface area contributed by atoms with Crippen molar-refractivity contribution in [1.82, 2.24) is 9.78 Å². The van der Waals surface area contributed by atoms with Gasteiger partial charge in [0, 0.05) is 6.92 Å². The molecule has 1 rings (SSSR count). The van der Waals surface area contributed by atoms with E-state index in [0.717, 1.165) is 11.6 Å². The predicted octanol–water partition coefficient (Wildman–Crippen LogP) is 3.54. The first-order chi connectivity index (χ1) is 8.48. The molecule has 0 radical (unpaired) electrons.